The summed E-state index contributed by atoms with van der Waals surface area (Å²) < 4.78 is 6.49. The van der Waals surface area contributed by atoms with Gasteiger partial charge in [-0.15, -0.1) is 10.2 Å². The number of carbonyl (C=O) groups excluding carboxylic acids is 1. The molecule has 1 aliphatic carbocycles. The molecule has 0 saturated heterocycles. The van der Waals surface area contributed by atoms with Crippen LogP contribution in [0.25, 0.3) is 11.5 Å². The van der Waals surface area contributed by atoms with Gasteiger partial charge < -0.3 is 9.73 Å². The summed E-state index contributed by atoms with van der Waals surface area (Å²) in [5.74, 6) is 0.771. The molecular formula is C13H12BrN3O2S. The maximum absolute atomic E-state index is 11.6. The zero-order valence-electron chi connectivity index (χ0n) is 10.5. The molecular weight excluding hydrogens is 342 g/mol. The van der Waals surface area contributed by atoms with Crippen LogP contribution in [0.3, 0.4) is 0 Å². The van der Waals surface area contributed by atoms with Crippen LogP contribution in [0.1, 0.15) is 12.8 Å². The Morgan fingerprint density at radius 1 is 1.45 bits per heavy atom. The number of thioether (sulfide) groups is 1. The Morgan fingerprint density at radius 3 is 3.05 bits per heavy atom. The lowest BCUT2D eigenvalue weighted by atomic mass is 10.2. The smallest absolute Gasteiger partial charge is 0.277 e. The van der Waals surface area contributed by atoms with Crippen LogP contribution < -0.4 is 5.32 Å². The van der Waals surface area contributed by atoms with Gasteiger partial charge in [0.25, 0.3) is 5.22 Å². The molecule has 2 aromatic rings. The zero-order chi connectivity index (χ0) is 13.9. The third-order valence-corrected chi connectivity index (χ3v) is 4.06. The highest BCUT2D eigenvalue weighted by atomic mass is 79.9. The summed E-state index contributed by atoms with van der Waals surface area (Å²) in [7, 11) is 0. The van der Waals surface area contributed by atoms with Crippen LogP contribution in [0.2, 0.25) is 0 Å². The van der Waals surface area contributed by atoms with Gasteiger partial charge in [0.05, 0.1) is 5.75 Å². The Hall–Kier alpha value is -1.34. The summed E-state index contributed by atoms with van der Waals surface area (Å²) in [6.07, 6.45) is 2.17. The first kappa shape index (κ1) is 13.6. The van der Waals surface area contributed by atoms with Crippen molar-refractivity contribution in [3.05, 3.63) is 28.7 Å². The monoisotopic (exact) mass is 353 g/mol. The van der Waals surface area contributed by atoms with E-state index in [-0.39, 0.29) is 5.91 Å². The number of hydrogen-bond acceptors (Lipinski definition) is 5. The van der Waals surface area contributed by atoms with Gasteiger partial charge in [0.15, 0.2) is 0 Å². The maximum atomic E-state index is 11.6. The Morgan fingerprint density at radius 2 is 2.30 bits per heavy atom. The van der Waals surface area contributed by atoms with E-state index < -0.39 is 0 Å². The Bertz CT molecular complexity index is 628. The molecule has 1 fully saturated rings. The topological polar surface area (TPSA) is 68.0 Å². The molecule has 1 aromatic heterocycles. The van der Waals surface area contributed by atoms with Gasteiger partial charge in [-0.25, -0.2) is 0 Å². The van der Waals surface area contributed by atoms with Gasteiger partial charge >= 0.3 is 0 Å². The van der Waals surface area contributed by atoms with Crippen molar-refractivity contribution in [2.24, 2.45) is 0 Å². The summed E-state index contributed by atoms with van der Waals surface area (Å²) in [6.45, 7) is 0. The van der Waals surface area contributed by atoms with Crippen molar-refractivity contribution >= 4 is 33.6 Å². The second kappa shape index (κ2) is 5.97. The van der Waals surface area contributed by atoms with Crippen LogP contribution in [0, 0.1) is 0 Å². The summed E-state index contributed by atoms with van der Waals surface area (Å²) in [5, 5.41) is 11.3. The minimum atomic E-state index is 0.0136. The highest BCUT2D eigenvalue weighted by Gasteiger charge is 2.23. The van der Waals surface area contributed by atoms with E-state index in [9.17, 15) is 4.79 Å². The third kappa shape index (κ3) is 3.61. The molecule has 1 heterocycles. The van der Waals surface area contributed by atoms with Crippen molar-refractivity contribution in [2.75, 3.05) is 5.75 Å². The SMILES string of the molecule is O=C(CSc1nnc(-c2cccc(Br)c2)o1)NC1CC1. The average Bonchev–Trinajstić information content (AvgIpc) is 3.11. The minimum Gasteiger partial charge on any atom is -0.411 e. The number of hydrogen-bond donors (Lipinski definition) is 1. The van der Waals surface area contributed by atoms with Crippen molar-refractivity contribution in [1.29, 1.82) is 0 Å². The normalized spacial score (nSPS) is 14.2. The Kier molecular flexibility index (Phi) is 4.07. The summed E-state index contributed by atoms with van der Waals surface area (Å²) in [6, 6.07) is 8.01. The van der Waals surface area contributed by atoms with Crippen LogP contribution in [0.4, 0.5) is 0 Å². The lowest BCUT2D eigenvalue weighted by Crippen LogP contribution is -2.26. The lowest BCUT2D eigenvalue weighted by Gasteiger charge is -1.99. The fourth-order valence-electron chi connectivity index (χ4n) is 1.63. The van der Waals surface area contributed by atoms with Gasteiger partial charge in [-0.05, 0) is 31.0 Å². The van der Waals surface area contributed by atoms with E-state index in [4.69, 9.17) is 4.42 Å². The molecule has 0 radical (unpaired) electrons. The van der Waals surface area contributed by atoms with E-state index in [1.54, 1.807) is 0 Å². The van der Waals surface area contributed by atoms with Crippen molar-refractivity contribution in [3.8, 4) is 11.5 Å². The fourth-order valence-corrected chi connectivity index (χ4v) is 2.60. The number of carbonyl (C=O) groups is 1. The predicted molar refractivity (Wildman–Crippen MR) is 79.3 cm³/mol. The van der Waals surface area contributed by atoms with E-state index >= 15 is 0 Å². The van der Waals surface area contributed by atoms with Crippen LogP contribution in [0.5, 0.6) is 0 Å². The fraction of sp³-hybridized carbons (Fsp3) is 0.308. The van der Waals surface area contributed by atoms with Gasteiger partial charge in [-0.2, -0.15) is 0 Å². The zero-order valence-corrected chi connectivity index (χ0v) is 12.9. The molecule has 0 atom stereocenters. The van der Waals surface area contributed by atoms with Crippen LogP contribution in [-0.2, 0) is 4.79 Å². The molecule has 104 valence electrons. The second-order valence-corrected chi connectivity index (χ2v) is 6.36. The Balaban J connectivity index is 1.60. The van der Waals surface area contributed by atoms with E-state index in [0.717, 1.165) is 22.9 Å². The number of amides is 1. The van der Waals surface area contributed by atoms with Crippen molar-refractivity contribution < 1.29 is 9.21 Å². The highest BCUT2D eigenvalue weighted by molar-refractivity contribution is 9.10. The van der Waals surface area contributed by atoms with Gasteiger partial charge in [-0.1, -0.05) is 33.8 Å². The van der Waals surface area contributed by atoms with Gasteiger partial charge in [0.2, 0.25) is 11.8 Å². The summed E-state index contributed by atoms with van der Waals surface area (Å²) >= 11 is 4.65. The maximum Gasteiger partial charge on any atom is 0.277 e. The van der Waals surface area contributed by atoms with E-state index in [1.807, 2.05) is 24.3 Å². The molecule has 1 aliphatic rings. The lowest BCUT2D eigenvalue weighted by molar-refractivity contribution is -0.118. The molecule has 1 N–H and O–H groups in total. The molecule has 0 unspecified atom stereocenters. The number of aromatic nitrogens is 2. The molecule has 0 spiro atoms. The first-order chi connectivity index (χ1) is 9.70. The van der Waals surface area contributed by atoms with Crippen molar-refractivity contribution in [2.45, 2.75) is 24.1 Å². The summed E-state index contributed by atoms with van der Waals surface area (Å²) in [4.78, 5) is 11.6. The molecule has 1 saturated carbocycles. The standard InChI is InChI=1S/C13H12BrN3O2S/c14-9-3-1-2-8(6-9)12-16-17-13(19-12)20-7-11(18)15-10-4-5-10/h1-3,6,10H,4-5,7H2,(H,15,18). The number of nitrogens with one attached hydrogen (secondary N) is 1. The molecule has 1 amide bonds. The number of nitrogens with zero attached hydrogens (tertiary/aromatic N) is 2. The predicted octanol–water partition coefficient (Wildman–Crippen LogP) is 2.87. The second-order valence-electron chi connectivity index (χ2n) is 4.51. The molecule has 0 aliphatic heterocycles. The van der Waals surface area contributed by atoms with E-state index in [2.05, 4.69) is 31.4 Å². The molecule has 0 bridgehead atoms. The molecule has 1 aromatic carbocycles. The van der Waals surface area contributed by atoms with Gasteiger partial charge in [0.1, 0.15) is 0 Å². The van der Waals surface area contributed by atoms with Gasteiger partial charge in [-0.3, -0.25) is 4.79 Å². The van der Waals surface area contributed by atoms with Crippen molar-refractivity contribution in [3.63, 3.8) is 0 Å². The Labute approximate surface area is 128 Å². The van der Waals surface area contributed by atoms with E-state index in [1.165, 1.54) is 11.8 Å². The van der Waals surface area contributed by atoms with Crippen LogP contribution in [0.15, 0.2) is 38.4 Å². The van der Waals surface area contributed by atoms with E-state index in [0.29, 0.717) is 22.9 Å². The number of benzene rings is 1. The molecule has 20 heavy (non-hydrogen) atoms. The first-order valence-corrected chi connectivity index (χ1v) is 8.00. The number of rotatable bonds is 5. The number of halogens is 1. The quantitative estimate of drug-likeness (QED) is 0.837. The van der Waals surface area contributed by atoms with Crippen LogP contribution in [-0.4, -0.2) is 27.9 Å². The first-order valence-electron chi connectivity index (χ1n) is 6.22. The average molecular weight is 354 g/mol. The largest absolute Gasteiger partial charge is 0.411 e. The minimum absolute atomic E-state index is 0.0136. The molecule has 5 nitrogen and oxygen atoms in total. The molecule has 3 rings (SSSR count). The third-order valence-electron chi connectivity index (χ3n) is 2.75. The van der Waals surface area contributed by atoms with Crippen molar-refractivity contribution in [1.82, 2.24) is 15.5 Å². The highest BCUT2D eigenvalue weighted by Crippen LogP contribution is 2.25. The van der Waals surface area contributed by atoms with Gasteiger partial charge in [0, 0.05) is 16.1 Å². The summed E-state index contributed by atoms with van der Waals surface area (Å²) in [5.41, 5.74) is 0.848. The van der Waals surface area contributed by atoms with Crippen LogP contribution >= 0.6 is 27.7 Å². The molecule has 7 heteroatoms.